The Balaban J connectivity index is 4.11. The van der Waals surface area contributed by atoms with Gasteiger partial charge in [0, 0.05) is 12.8 Å². The van der Waals surface area contributed by atoms with Crippen molar-refractivity contribution >= 4 is 24.7 Å². The quantitative estimate of drug-likeness (QED) is 0.357. The van der Waals surface area contributed by atoms with Gasteiger partial charge in [-0.1, -0.05) is 0 Å². The predicted octanol–water partition coefficient (Wildman–Crippen LogP) is -0.516. The molecule has 0 aromatic carbocycles. The Bertz CT molecular complexity index is 186. The molecule has 70 valence electrons. The molecule has 0 saturated heterocycles. The van der Waals surface area contributed by atoms with Gasteiger partial charge < -0.3 is 10.2 Å². The van der Waals surface area contributed by atoms with Crippen molar-refractivity contribution in [1.29, 1.82) is 0 Å². The van der Waals surface area contributed by atoms with Crippen LogP contribution >= 0.6 is 12.6 Å². The zero-order valence-corrected chi connectivity index (χ0v) is 7.28. The molecule has 12 heavy (non-hydrogen) atoms. The van der Waals surface area contributed by atoms with Crippen LogP contribution < -0.4 is 5.43 Å². The fourth-order valence-electron chi connectivity index (χ4n) is 0.595. The Hall–Kier alpha value is -0.950. The lowest BCUT2D eigenvalue weighted by Gasteiger charge is -2.21. The average molecular weight is 194 g/mol. The van der Waals surface area contributed by atoms with Crippen molar-refractivity contribution in [3.63, 3.8) is 0 Å². The van der Waals surface area contributed by atoms with Crippen LogP contribution in [0.25, 0.3) is 0 Å². The summed E-state index contributed by atoms with van der Waals surface area (Å²) >= 11 is 3.76. The lowest BCUT2D eigenvalue weighted by Crippen LogP contribution is -2.49. The standard InChI is InChI=1S/C5H10N2O4S/c1-7(6-5(10)11)3(2-12)4(8)9/h3,6,12H,2H2,1H3,(H,8,9)(H,10,11)/t3-/m0/s1. The maximum absolute atomic E-state index is 10.4. The highest BCUT2D eigenvalue weighted by Crippen LogP contribution is 1.95. The summed E-state index contributed by atoms with van der Waals surface area (Å²) in [6, 6.07) is -0.954. The van der Waals surface area contributed by atoms with E-state index in [4.69, 9.17) is 10.2 Å². The number of carboxylic acid groups (broad SMARTS) is 2. The molecule has 7 heteroatoms. The van der Waals surface area contributed by atoms with Gasteiger partial charge in [-0.2, -0.15) is 12.6 Å². The number of aliphatic carboxylic acids is 1. The van der Waals surface area contributed by atoms with E-state index in [0.29, 0.717) is 0 Å². The third kappa shape index (κ3) is 3.44. The number of hydrazine groups is 1. The molecule has 1 amide bonds. The zero-order valence-electron chi connectivity index (χ0n) is 6.39. The van der Waals surface area contributed by atoms with Crippen LogP contribution in [0.4, 0.5) is 4.79 Å². The van der Waals surface area contributed by atoms with Crippen LogP contribution in [0.15, 0.2) is 0 Å². The molecular formula is C5H10N2O4S. The number of nitrogens with zero attached hydrogens (tertiary/aromatic N) is 1. The van der Waals surface area contributed by atoms with Crippen LogP contribution in [-0.2, 0) is 4.79 Å². The molecule has 0 aliphatic heterocycles. The Kier molecular flexibility index (Phi) is 4.45. The molecule has 0 aliphatic rings. The van der Waals surface area contributed by atoms with E-state index in [2.05, 4.69) is 12.6 Å². The van der Waals surface area contributed by atoms with Crippen molar-refractivity contribution in [3.8, 4) is 0 Å². The molecule has 0 spiro atoms. The molecule has 0 aromatic heterocycles. The number of nitrogens with one attached hydrogen (secondary N) is 1. The normalized spacial score (nSPS) is 12.6. The molecule has 0 heterocycles. The smallest absolute Gasteiger partial charge is 0.419 e. The average Bonchev–Trinajstić information content (AvgIpc) is 1.85. The van der Waals surface area contributed by atoms with Gasteiger partial charge >= 0.3 is 12.1 Å². The first-order valence-electron chi connectivity index (χ1n) is 3.05. The van der Waals surface area contributed by atoms with Crippen LogP contribution in [0.1, 0.15) is 0 Å². The number of amides is 1. The van der Waals surface area contributed by atoms with E-state index in [1.165, 1.54) is 7.05 Å². The van der Waals surface area contributed by atoms with Gasteiger partial charge in [0.2, 0.25) is 0 Å². The lowest BCUT2D eigenvalue weighted by atomic mass is 10.3. The first-order valence-corrected chi connectivity index (χ1v) is 3.68. The molecule has 3 N–H and O–H groups in total. The van der Waals surface area contributed by atoms with Crippen molar-refractivity contribution in [2.75, 3.05) is 12.8 Å². The molecule has 0 rings (SSSR count). The number of carboxylic acids is 1. The van der Waals surface area contributed by atoms with E-state index in [1.807, 2.05) is 5.43 Å². The Labute approximate surface area is 74.5 Å². The van der Waals surface area contributed by atoms with E-state index >= 15 is 0 Å². The second-order valence-corrected chi connectivity index (χ2v) is 2.43. The minimum Gasteiger partial charge on any atom is -0.480 e. The predicted molar refractivity (Wildman–Crippen MR) is 44.2 cm³/mol. The number of hydrogen-bond donors (Lipinski definition) is 4. The number of thiol groups is 1. The Morgan fingerprint density at radius 1 is 1.58 bits per heavy atom. The molecule has 0 unspecified atom stereocenters. The Morgan fingerprint density at radius 2 is 2.08 bits per heavy atom. The van der Waals surface area contributed by atoms with Gasteiger partial charge in [-0.25, -0.2) is 9.80 Å². The molecule has 0 aromatic rings. The monoisotopic (exact) mass is 194 g/mol. The minimum atomic E-state index is -1.30. The summed E-state index contributed by atoms with van der Waals surface area (Å²) < 4.78 is 0. The van der Waals surface area contributed by atoms with Crippen molar-refractivity contribution in [2.45, 2.75) is 6.04 Å². The first-order chi connectivity index (χ1) is 5.49. The van der Waals surface area contributed by atoms with Crippen molar-refractivity contribution in [1.82, 2.24) is 10.4 Å². The lowest BCUT2D eigenvalue weighted by molar-refractivity contribution is -0.142. The molecule has 0 radical (unpaired) electrons. The molecule has 0 aliphatic carbocycles. The summed E-state index contributed by atoms with van der Waals surface area (Å²) in [7, 11) is 1.32. The number of carbonyl (C=O) groups is 2. The van der Waals surface area contributed by atoms with E-state index in [0.717, 1.165) is 5.01 Å². The highest BCUT2D eigenvalue weighted by Gasteiger charge is 2.21. The third-order valence-corrected chi connectivity index (χ3v) is 1.54. The fraction of sp³-hybridized carbons (Fsp3) is 0.600. The molecule has 0 saturated carbocycles. The third-order valence-electron chi connectivity index (χ3n) is 1.20. The van der Waals surface area contributed by atoms with Gasteiger partial charge in [-0.05, 0) is 0 Å². The maximum Gasteiger partial charge on any atom is 0.419 e. The van der Waals surface area contributed by atoms with Gasteiger partial charge in [-0.3, -0.25) is 10.2 Å². The number of hydrogen-bond acceptors (Lipinski definition) is 4. The topological polar surface area (TPSA) is 89.9 Å². The van der Waals surface area contributed by atoms with Crippen molar-refractivity contribution in [2.24, 2.45) is 0 Å². The SMILES string of the molecule is CN(NC(=O)O)[C@@H](CS)C(=O)O. The summed E-state index contributed by atoms with van der Waals surface area (Å²) in [5.74, 6) is -1.09. The van der Waals surface area contributed by atoms with E-state index < -0.39 is 18.1 Å². The van der Waals surface area contributed by atoms with Crippen LogP contribution in [0.5, 0.6) is 0 Å². The number of likely N-dealkylation sites (N-methyl/N-ethyl adjacent to an activating group) is 1. The van der Waals surface area contributed by atoms with Crippen molar-refractivity contribution in [3.05, 3.63) is 0 Å². The maximum atomic E-state index is 10.4. The molecule has 0 fully saturated rings. The van der Waals surface area contributed by atoms with E-state index in [1.54, 1.807) is 0 Å². The zero-order chi connectivity index (χ0) is 9.72. The highest BCUT2D eigenvalue weighted by atomic mass is 32.1. The Morgan fingerprint density at radius 3 is 2.33 bits per heavy atom. The molecule has 6 nitrogen and oxygen atoms in total. The molecule has 0 bridgehead atoms. The summed E-state index contributed by atoms with van der Waals surface area (Å²) in [4.78, 5) is 20.5. The van der Waals surface area contributed by atoms with Crippen molar-refractivity contribution < 1.29 is 19.8 Å². The number of rotatable bonds is 4. The van der Waals surface area contributed by atoms with Crippen LogP contribution in [0.2, 0.25) is 0 Å². The summed E-state index contributed by atoms with van der Waals surface area (Å²) in [6.45, 7) is 0. The summed E-state index contributed by atoms with van der Waals surface area (Å²) in [6.07, 6.45) is -1.30. The van der Waals surface area contributed by atoms with Gasteiger partial charge in [0.25, 0.3) is 0 Å². The summed E-state index contributed by atoms with van der Waals surface area (Å²) in [5.41, 5.74) is 1.90. The van der Waals surface area contributed by atoms with Gasteiger partial charge in [0.1, 0.15) is 6.04 Å². The molecule has 1 atom stereocenters. The van der Waals surface area contributed by atoms with Gasteiger partial charge in [0.05, 0.1) is 0 Å². The van der Waals surface area contributed by atoms with E-state index in [9.17, 15) is 9.59 Å². The van der Waals surface area contributed by atoms with E-state index in [-0.39, 0.29) is 5.75 Å². The summed E-state index contributed by atoms with van der Waals surface area (Å²) in [5, 5.41) is 17.7. The van der Waals surface area contributed by atoms with Crippen LogP contribution in [0.3, 0.4) is 0 Å². The highest BCUT2D eigenvalue weighted by molar-refractivity contribution is 7.80. The van der Waals surface area contributed by atoms with Crippen LogP contribution in [0, 0.1) is 0 Å². The first kappa shape index (κ1) is 11.1. The van der Waals surface area contributed by atoms with Crippen LogP contribution in [-0.4, -0.2) is 46.1 Å². The second kappa shape index (κ2) is 4.83. The minimum absolute atomic E-state index is 0.0338. The fourth-order valence-corrected chi connectivity index (χ4v) is 0.996. The van der Waals surface area contributed by atoms with Gasteiger partial charge in [0.15, 0.2) is 0 Å². The second-order valence-electron chi connectivity index (χ2n) is 2.06. The van der Waals surface area contributed by atoms with Gasteiger partial charge in [-0.15, -0.1) is 0 Å². The molecular weight excluding hydrogens is 184 g/mol. The largest absolute Gasteiger partial charge is 0.480 e.